The van der Waals surface area contributed by atoms with Gasteiger partial charge in [-0.3, -0.25) is 4.79 Å². The van der Waals surface area contributed by atoms with Crippen molar-refractivity contribution >= 4 is 5.91 Å². The van der Waals surface area contributed by atoms with Crippen LogP contribution in [0.5, 0.6) is 0 Å². The summed E-state index contributed by atoms with van der Waals surface area (Å²) in [6, 6.07) is 0. The van der Waals surface area contributed by atoms with Crippen molar-refractivity contribution in [1.29, 1.82) is 0 Å². The number of methoxy groups -OCH3 is 1. The molecule has 15 heavy (non-hydrogen) atoms. The Morgan fingerprint density at radius 1 is 1.60 bits per heavy atom. The highest BCUT2D eigenvalue weighted by molar-refractivity contribution is 5.91. The molecule has 82 valence electrons. The minimum absolute atomic E-state index is 0.0571. The van der Waals surface area contributed by atoms with E-state index in [0.717, 1.165) is 25.9 Å². The van der Waals surface area contributed by atoms with Crippen LogP contribution in [0.15, 0.2) is 6.20 Å². The third kappa shape index (κ3) is 2.15. The maximum atomic E-state index is 11.8. The average molecular weight is 210 g/mol. The zero-order valence-electron chi connectivity index (χ0n) is 8.64. The van der Waals surface area contributed by atoms with Gasteiger partial charge in [0.25, 0.3) is 5.91 Å². The molecule has 0 bridgehead atoms. The van der Waals surface area contributed by atoms with Crippen LogP contribution in [0.2, 0.25) is 0 Å². The lowest BCUT2D eigenvalue weighted by Crippen LogP contribution is -2.40. The van der Waals surface area contributed by atoms with Gasteiger partial charge in [0.1, 0.15) is 0 Å². The van der Waals surface area contributed by atoms with E-state index in [0.29, 0.717) is 5.69 Å². The lowest BCUT2D eigenvalue weighted by Gasteiger charge is -2.30. The molecule has 0 unspecified atom stereocenters. The monoisotopic (exact) mass is 210 g/mol. The van der Waals surface area contributed by atoms with Crippen molar-refractivity contribution in [3.8, 4) is 0 Å². The Hall–Kier alpha value is -1.43. The molecule has 1 saturated heterocycles. The van der Waals surface area contributed by atoms with Gasteiger partial charge in [0.15, 0.2) is 5.69 Å². The van der Waals surface area contributed by atoms with E-state index in [-0.39, 0.29) is 12.0 Å². The van der Waals surface area contributed by atoms with Crippen molar-refractivity contribution in [3.05, 3.63) is 11.9 Å². The maximum Gasteiger partial charge on any atom is 0.276 e. The predicted octanol–water partition coefficient (Wildman–Crippen LogP) is 0.0557. The number of carbonyl (C=O) groups is 1. The van der Waals surface area contributed by atoms with Gasteiger partial charge in [-0.2, -0.15) is 15.4 Å². The largest absolute Gasteiger partial charge is 0.381 e. The Labute approximate surface area is 87.6 Å². The van der Waals surface area contributed by atoms with Crippen LogP contribution >= 0.6 is 0 Å². The summed E-state index contributed by atoms with van der Waals surface area (Å²) in [7, 11) is 1.71. The number of aromatic amines is 1. The second-order valence-corrected chi connectivity index (χ2v) is 3.58. The highest BCUT2D eigenvalue weighted by atomic mass is 16.5. The van der Waals surface area contributed by atoms with Crippen LogP contribution in [0, 0.1) is 0 Å². The van der Waals surface area contributed by atoms with Crippen molar-refractivity contribution in [2.75, 3.05) is 20.2 Å². The standard InChI is InChI=1S/C9H14N4O2/c1-15-7-2-4-13(5-3-7)9(14)8-6-10-12-11-8/h6-7H,2-5H2,1H3,(H,10,11,12). The van der Waals surface area contributed by atoms with E-state index in [9.17, 15) is 4.79 Å². The van der Waals surface area contributed by atoms with Gasteiger partial charge in [-0.15, -0.1) is 0 Å². The molecule has 6 heteroatoms. The number of H-pyrrole nitrogens is 1. The van der Waals surface area contributed by atoms with Crippen LogP contribution in [-0.2, 0) is 4.74 Å². The molecule has 1 aromatic heterocycles. The number of rotatable bonds is 2. The highest BCUT2D eigenvalue weighted by Crippen LogP contribution is 2.14. The molecule has 1 amide bonds. The van der Waals surface area contributed by atoms with Crippen molar-refractivity contribution < 1.29 is 9.53 Å². The van der Waals surface area contributed by atoms with E-state index in [1.165, 1.54) is 6.20 Å². The first-order chi connectivity index (χ1) is 7.31. The average Bonchev–Trinajstić information content (AvgIpc) is 2.82. The lowest BCUT2D eigenvalue weighted by atomic mass is 10.1. The van der Waals surface area contributed by atoms with Crippen LogP contribution < -0.4 is 0 Å². The summed E-state index contributed by atoms with van der Waals surface area (Å²) in [5.41, 5.74) is 0.380. The van der Waals surface area contributed by atoms with E-state index in [1.54, 1.807) is 12.0 Å². The third-order valence-electron chi connectivity index (χ3n) is 2.70. The summed E-state index contributed by atoms with van der Waals surface area (Å²) < 4.78 is 5.24. The highest BCUT2D eigenvalue weighted by Gasteiger charge is 2.24. The number of aromatic nitrogens is 3. The number of likely N-dealkylation sites (tertiary alicyclic amines) is 1. The number of hydrogen-bond acceptors (Lipinski definition) is 4. The van der Waals surface area contributed by atoms with Gasteiger partial charge in [-0.05, 0) is 12.8 Å². The molecule has 2 rings (SSSR count). The van der Waals surface area contributed by atoms with E-state index in [4.69, 9.17) is 4.74 Å². The minimum Gasteiger partial charge on any atom is -0.381 e. The Balaban J connectivity index is 1.93. The number of amides is 1. The Kier molecular flexibility index (Phi) is 2.96. The van der Waals surface area contributed by atoms with E-state index in [1.807, 2.05) is 0 Å². The molecular weight excluding hydrogens is 196 g/mol. The Bertz CT molecular complexity index is 317. The fourth-order valence-corrected chi connectivity index (χ4v) is 1.76. The molecule has 6 nitrogen and oxygen atoms in total. The molecule has 0 aromatic carbocycles. The van der Waals surface area contributed by atoms with Crippen molar-refractivity contribution in [1.82, 2.24) is 20.3 Å². The van der Waals surface area contributed by atoms with Crippen molar-refractivity contribution in [2.45, 2.75) is 18.9 Å². The summed E-state index contributed by atoms with van der Waals surface area (Å²) >= 11 is 0. The molecule has 2 heterocycles. The number of ether oxygens (including phenoxy) is 1. The van der Waals surface area contributed by atoms with Gasteiger partial charge in [0, 0.05) is 20.2 Å². The number of nitrogens with one attached hydrogen (secondary N) is 1. The zero-order valence-corrected chi connectivity index (χ0v) is 8.64. The number of carbonyl (C=O) groups excluding carboxylic acids is 1. The quantitative estimate of drug-likeness (QED) is 0.749. The zero-order chi connectivity index (χ0) is 10.7. The molecule has 1 aliphatic heterocycles. The van der Waals surface area contributed by atoms with E-state index in [2.05, 4.69) is 15.4 Å². The second-order valence-electron chi connectivity index (χ2n) is 3.58. The van der Waals surface area contributed by atoms with Gasteiger partial charge in [-0.1, -0.05) is 0 Å². The number of nitrogens with zero attached hydrogens (tertiary/aromatic N) is 3. The number of hydrogen-bond donors (Lipinski definition) is 1. The molecular formula is C9H14N4O2. The molecule has 1 N–H and O–H groups in total. The third-order valence-corrected chi connectivity index (χ3v) is 2.70. The summed E-state index contributed by atoms with van der Waals surface area (Å²) in [4.78, 5) is 13.6. The smallest absolute Gasteiger partial charge is 0.276 e. The normalized spacial score (nSPS) is 18.1. The van der Waals surface area contributed by atoms with Gasteiger partial charge < -0.3 is 9.64 Å². The molecule has 1 aliphatic rings. The second kappa shape index (κ2) is 4.39. The first-order valence-electron chi connectivity index (χ1n) is 4.99. The first kappa shape index (κ1) is 10.1. The fourth-order valence-electron chi connectivity index (χ4n) is 1.76. The molecule has 0 atom stereocenters. The topological polar surface area (TPSA) is 71.1 Å². The minimum atomic E-state index is -0.0571. The van der Waals surface area contributed by atoms with Crippen molar-refractivity contribution in [3.63, 3.8) is 0 Å². The van der Waals surface area contributed by atoms with Crippen LogP contribution in [0.4, 0.5) is 0 Å². The summed E-state index contributed by atoms with van der Waals surface area (Å²) in [5.74, 6) is -0.0571. The predicted molar refractivity (Wildman–Crippen MR) is 52.3 cm³/mol. The van der Waals surface area contributed by atoms with E-state index < -0.39 is 0 Å². The van der Waals surface area contributed by atoms with Gasteiger partial charge in [0.05, 0.1) is 12.3 Å². The van der Waals surface area contributed by atoms with Crippen molar-refractivity contribution in [2.24, 2.45) is 0 Å². The lowest BCUT2D eigenvalue weighted by molar-refractivity contribution is 0.0347. The molecule has 0 aliphatic carbocycles. The van der Waals surface area contributed by atoms with Crippen LogP contribution in [0.3, 0.4) is 0 Å². The molecule has 1 fully saturated rings. The molecule has 1 aromatic rings. The Morgan fingerprint density at radius 3 is 2.87 bits per heavy atom. The van der Waals surface area contributed by atoms with Crippen LogP contribution in [-0.4, -0.2) is 52.5 Å². The molecule has 0 spiro atoms. The van der Waals surface area contributed by atoms with Crippen LogP contribution in [0.1, 0.15) is 23.3 Å². The van der Waals surface area contributed by atoms with Gasteiger partial charge in [-0.25, -0.2) is 0 Å². The first-order valence-corrected chi connectivity index (χ1v) is 4.99. The summed E-state index contributed by atoms with van der Waals surface area (Å²) in [6.45, 7) is 1.45. The summed E-state index contributed by atoms with van der Waals surface area (Å²) in [6.07, 6.45) is 3.51. The number of piperidine rings is 1. The van der Waals surface area contributed by atoms with Gasteiger partial charge >= 0.3 is 0 Å². The molecule has 0 saturated carbocycles. The van der Waals surface area contributed by atoms with Gasteiger partial charge in [0.2, 0.25) is 0 Å². The fraction of sp³-hybridized carbons (Fsp3) is 0.667. The van der Waals surface area contributed by atoms with Crippen LogP contribution in [0.25, 0.3) is 0 Å². The SMILES string of the molecule is COC1CCN(C(=O)c2cn[nH]n2)CC1. The molecule has 0 radical (unpaired) electrons. The van der Waals surface area contributed by atoms with E-state index >= 15 is 0 Å². The Morgan fingerprint density at radius 2 is 2.33 bits per heavy atom. The summed E-state index contributed by atoms with van der Waals surface area (Å²) in [5, 5.41) is 9.83. The maximum absolute atomic E-state index is 11.8.